The summed E-state index contributed by atoms with van der Waals surface area (Å²) in [6.07, 6.45) is 8.11. The first-order chi connectivity index (χ1) is 15.2. The Labute approximate surface area is 180 Å². The molecule has 1 aliphatic rings. The molecule has 2 aromatic carbocycles. The number of fused-ring (bicyclic) bond motifs is 3. The smallest absolute Gasteiger partial charge is 0.381 e. The molecule has 0 saturated heterocycles. The third kappa shape index (κ3) is 3.08. The average Bonchev–Trinajstić information content (AvgIpc) is 2.81. The van der Waals surface area contributed by atoms with Crippen LogP contribution in [0.5, 0.6) is 11.6 Å². The van der Waals surface area contributed by atoms with Gasteiger partial charge in [-0.15, -0.1) is 0 Å². The summed E-state index contributed by atoms with van der Waals surface area (Å²) in [7, 11) is 3.77. The number of allylic oxidation sites excluding steroid dienone is 2. The lowest BCUT2D eigenvalue weighted by atomic mass is 9.91. The molecular formula is C27H23N2O2+. The van der Waals surface area contributed by atoms with Crippen molar-refractivity contribution in [3.05, 3.63) is 106 Å². The van der Waals surface area contributed by atoms with Crippen LogP contribution in [0, 0.1) is 0 Å². The van der Waals surface area contributed by atoms with Crippen LogP contribution in [0.1, 0.15) is 18.1 Å². The molecule has 0 radical (unpaired) electrons. The van der Waals surface area contributed by atoms with Crippen molar-refractivity contribution in [3.63, 3.8) is 0 Å². The van der Waals surface area contributed by atoms with Crippen LogP contribution >= 0.6 is 0 Å². The molecule has 3 heterocycles. The predicted molar refractivity (Wildman–Crippen MR) is 122 cm³/mol. The summed E-state index contributed by atoms with van der Waals surface area (Å²) < 4.78 is 14.5. The maximum atomic E-state index is 6.32. The van der Waals surface area contributed by atoms with Crippen molar-refractivity contribution in [2.24, 2.45) is 12.0 Å². The first kappa shape index (κ1) is 19.1. The molecule has 0 fully saturated rings. The minimum atomic E-state index is 0.602. The van der Waals surface area contributed by atoms with Gasteiger partial charge in [0.25, 0.3) is 0 Å². The Morgan fingerprint density at radius 3 is 2.55 bits per heavy atom. The number of para-hydroxylation sites is 2. The van der Waals surface area contributed by atoms with Crippen molar-refractivity contribution in [2.45, 2.75) is 6.92 Å². The Morgan fingerprint density at radius 2 is 1.71 bits per heavy atom. The van der Waals surface area contributed by atoms with Crippen molar-refractivity contribution in [1.29, 1.82) is 0 Å². The summed E-state index contributed by atoms with van der Waals surface area (Å²) >= 11 is 0. The highest BCUT2D eigenvalue weighted by Gasteiger charge is 2.29. The number of ether oxygens (including phenoxy) is 1. The number of hydrogen-bond donors (Lipinski definition) is 0. The van der Waals surface area contributed by atoms with Gasteiger partial charge in [-0.25, -0.2) is 0 Å². The molecule has 4 nitrogen and oxygen atoms in total. The molecule has 4 aromatic rings. The van der Waals surface area contributed by atoms with Gasteiger partial charge in [0, 0.05) is 40.1 Å². The highest BCUT2D eigenvalue weighted by molar-refractivity contribution is 5.92. The highest BCUT2D eigenvalue weighted by atomic mass is 16.5. The normalized spacial score (nSPS) is 15.8. The number of benzene rings is 2. The topological polar surface area (TPSA) is 38.6 Å². The molecule has 0 aliphatic carbocycles. The van der Waals surface area contributed by atoms with Crippen LogP contribution < -0.4 is 25.3 Å². The lowest BCUT2D eigenvalue weighted by molar-refractivity contribution is -0.676. The highest BCUT2D eigenvalue weighted by Crippen LogP contribution is 2.40. The standard InChI is InChI=1S/C27H23N2O2/c1-4-5-11-20-24(18-12-6-8-15-22(18)30-26(20)28-2)25-19-13-7-9-16-23(19)31-27-21(25)14-10-17-29(27)3/h4-17H,1-3H3/q+1/b5-4-,20-11-,25-24-,28-26-. The number of aromatic nitrogens is 1. The van der Waals surface area contributed by atoms with E-state index < -0.39 is 0 Å². The van der Waals surface area contributed by atoms with Crippen LogP contribution in [0.15, 0.2) is 88.4 Å². The van der Waals surface area contributed by atoms with Gasteiger partial charge in [0.1, 0.15) is 18.4 Å². The first-order valence-electron chi connectivity index (χ1n) is 10.3. The second-order valence-electron chi connectivity index (χ2n) is 7.42. The van der Waals surface area contributed by atoms with Crippen molar-refractivity contribution in [3.8, 4) is 11.6 Å². The molecule has 0 bridgehead atoms. The molecular weight excluding hydrogens is 384 g/mol. The van der Waals surface area contributed by atoms with Crippen molar-refractivity contribution >= 4 is 22.6 Å². The molecule has 0 unspecified atom stereocenters. The Kier molecular flexibility index (Phi) is 4.75. The minimum Gasteiger partial charge on any atom is -0.438 e. The van der Waals surface area contributed by atoms with E-state index in [1.807, 2.05) is 79.4 Å². The molecule has 1 aliphatic heterocycles. The van der Waals surface area contributed by atoms with E-state index in [0.717, 1.165) is 49.7 Å². The minimum absolute atomic E-state index is 0.602. The third-order valence-electron chi connectivity index (χ3n) is 5.53. The summed E-state index contributed by atoms with van der Waals surface area (Å²) in [4.78, 5) is 4.48. The Bertz CT molecular complexity index is 1540. The van der Waals surface area contributed by atoms with Crippen LogP contribution in [-0.2, 0) is 7.05 Å². The lowest BCUT2D eigenvalue weighted by Crippen LogP contribution is -2.42. The Hall–Kier alpha value is -3.92. The fourth-order valence-electron chi connectivity index (χ4n) is 4.15. The van der Waals surface area contributed by atoms with E-state index >= 15 is 0 Å². The van der Waals surface area contributed by atoms with E-state index in [1.165, 1.54) is 0 Å². The number of pyridine rings is 1. The second kappa shape index (κ2) is 7.73. The molecule has 4 heteroatoms. The van der Waals surface area contributed by atoms with Gasteiger partial charge in [-0.1, -0.05) is 48.6 Å². The van der Waals surface area contributed by atoms with Crippen molar-refractivity contribution in [2.75, 3.05) is 7.05 Å². The van der Waals surface area contributed by atoms with E-state index in [2.05, 4.69) is 29.3 Å². The number of nitrogens with zero attached hydrogens (tertiary/aromatic N) is 2. The monoisotopic (exact) mass is 407 g/mol. The van der Waals surface area contributed by atoms with Gasteiger partial charge in [-0.05, 0) is 31.2 Å². The van der Waals surface area contributed by atoms with Gasteiger partial charge in [0.05, 0.1) is 5.56 Å². The maximum Gasteiger partial charge on any atom is 0.381 e. The number of aryl methyl sites for hydroxylation is 1. The van der Waals surface area contributed by atoms with Gasteiger partial charge in [-0.3, -0.25) is 4.99 Å². The van der Waals surface area contributed by atoms with Gasteiger partial charge in [0.15, 0.2) is 6.20 Å². The molecule has 0 amide bonds. The van der Waals surface area contributed by atoms with Crippen LogP contribution in [0.3, 0.4) is 0 Å². The van der Waals surface area contributed by atoms with Crippen LogP contribution in [0.2, 0.25) is 0 Å². The molecule has 5 rings (SSSR count). The summed E-state index contributed by atoms with van der Waals surface area (Å²) in [6.45, 7) is 2.00. The van der Waals surface area contributed by atoms with Crippen LogP contribution in [-0.4, -0.2) is 7.05 Å². The summed E-state index contributed by atoms with van der Waals surface area (Å²) in [5.74, 6) is 1.65. The molecule has 152 valence electrons. The predicted octanol–water partition coefficient (Wildman–Crippen LogP) is 3.50. The van der Waals surface area contributed by atoms with E-state index in [9.17, 15) is 0 Å². The summed E-state index contributed by atoms with van der Waals surface area (Å²) in [5.41, 5.74) is 4.60. The van der Waals surface area contributed by atoms with E-state index in [1.54, 1.807) is 7.05 Å². The van der Waals surface area contributed by atoms with E-state index in [-0.39, 0.29) is 0 Å². The quantitative estimate of drug-likeness (QED) is 0.399. The zero-order valence-corrected chi connectivity index (χ0v) is 17.8. The maximum absolute atomic E-state index is 6.32. The summed E-state index contributed by atoms with van der Waals surface area (Å²) in [6, 6.07) is 20.5. The molecule has 0 atom stereocenters. The lowest BCUT2D eigenvalue weighted by Gasteiger charge is -2.20. The zero-order valence-electron chi connectivity index (χ0n) is 17.8. The zero-order chi connectivity index (χ0) is 21.4. The van der Waals surface area contributed by atoms with Crippen LogP contribution in [0.25, 0.3) is 22.6 Å². The first-order valence-corrected chi connectivity index (χ1v) is 10.3. The Morgan fingerprint density at radius 1 is 0.935 bits per heavy atom. The Balaban J connectivity index is 2.16. The molecule has 0 N–H and O–H groups in total. The third-order valence-corrected chi connectivity index (χ3v) is 5.53. The van der Waals surface area contributed by atoms with Gasteiger partial charge in [0.2, 0.25) is 5.55 Å². The molecule has 0 saturated carbocycles. The molecule has 2 aromatic heterocycles. The van der Waals surface area contributed by atoms with Crippen molar-refractivity contribution in [1.82, 2.24) is 0 Å². The van der Waals surface area contributed by atoms with E-state index in [0.29, 0.717) is 5.55 Å². The average molecular weight is 407 g/mol. The second-order valence-corrected chi connectivity index (χ2v) is 7.42. The SMILES string of the molecule is C\C=C/C=c1c(=N\C)\oc2ccccc2c\1=C1/c2ccccc2Oc2c1ccc[n+]2C. The largest absolute Gasteiger partial charge is 0.438 e. The molecule has 0 spiro atoms. The molecule has 31 heavy (non-hydrogen) atoms. The fraction of sp³-hybridized carbons (Fsp3) is 0.111. The van der Waals surface area contributed by atoms with Gasteiger partial charge >= 0.3 is 5.88 Å². The van der Waals surface area contributed by atoms with Crippen LogP contribution in [0.4, 0.5) is 0 Å². The number of rotatable bonds is 1. The number of hydrogen-bond acceptors (Lipinski definition) is 3. The summed E-state index contributed by atoms with van der Waals surface area (Å²) in [5, 5.41) is 3.07. The fourth-order valence-corrected chi connectivity index (χ4v) is 4.15. The van der Waals surface area contributed by atoms with Crippen molar-refractivity contribution < 1.29 is 13.7 Å². The van der Waals surface area contributed by atoms with Gasteiger partial charge < -0.3 is 9.15 Å². The van der Waals surface area contributed by atoms with Gasteiger partial charge in [-0.2, -0.15) is 4.57 Å². The van der Waals surface area contributed by atoms with E-state index in [4.69, 9.17) is 9.15 Å².